The van der Waals surface area contributed by atoms with E-state index in [2.05, 4.69) is 104 Å². The van der Waals surface area contributed by atoms with Crippen molar-refractivity contribution in [2.24, 2.45) is 0 Å². The first-order valence-corrected chi connectivity index (χ1v) is 15.7. The summed E-state index contributed by atoms with van der Waals surface area (Å²) in [4.78, 5) is 2.02. The first-order valence-electron chi connectivity index (χ1n) is 14.3. The summed E-state index contributed by atoms with van der Waals surface area (Å²) in [6, 6.07) is 22.0. The highest BCUT2D eigenvalue weighted by atomic mass is 32.2. The lowest BCUT2D eigenvalue weighted by molar-refractivity contribution is -0.645. The summed E-state index contributed by atoms with van der Waals surface area (Å²) in [6.07, 6.45) is 11.3. The number of allylic oxidation sites excluding steroid dienone is 3. The Morgan fingerprint density at radius 3 is 2.15 bits per heavy atom. The molecule has 40 heavy (non-hydrogen) atoms. The van der Waals surface area contributed by atoms with Crippen LogP contribution in [-0.4, -0.2) is 19.5 Å². The summed E-state index contributed by atoms with van der Waals surface area (Å²) < 4.78 is 37.7. The zero-order valence-electron chi connectivity index (χ0n) is 23.9. The number of pyridine rings is 1. The molecule has 0 fully saturated rings. The van der Waals surface area contributed by atoms with Crippen LogP contribution in [0.3, 0.4) is 0 Å². The Morgan fingerprint density at radius 2 is 1.55 bits per heavy atom. The van der Waals surface area contributed by atoms with E-state index in [-0.39, 0.29) is 4.90 Å². The molecule has 0 saturated heterocycles. The molecule has 0 atom stereocenters. The smallest absolute Gasteiger partial charge is 0.213 e. The zero-order chi connectivity index (χ0) is 28.5. The standard InChI is InChI=1S/C34H38N2O3S/c1-5-7-8-13-23-36-30-18-11-9-15-27(30)26(28-16-10-12-19-31(28)36)17-14-20-33-34(3,4)29-24-25(40(37,38)39)21-22-32(29)35(33)6-2/h9-12,14-22,24H,5-8,13,23H2,1-4H3. The van der Waals surface area contributed by atoms with Crippen molar-refractivity contribution in [2.75, 3.05) is 11.4 Å². The number of hydrogen-bond acceptors (Lipinski definition) is 4. The molecule has 0 radical (unpaired) electrons. The number of rotatable bonds is 9. The third kappa shape index (κ3) is 5.06. The van der Waals surface area contributed by atoms with E-state index >= 15 is 0 Å². The number of nitrogens with zero attached hydrogens (tertiary/aromatic N) is 2. The van der Waals surface area contributed by atoms with Crippen LogP contribution in [0.4, 0.5) is 5.69 Å². The molecule has 1 aromatic heterocycles. The van der Waals surface area contributed by atoms with Gasteiger partial charge in [0.05, 0.1) is 15.7 Å². The molecule has 1 aliphatic heterocycles. The maximum absolute atomic E-state index is 11.7. The third-order valence-electron chi connectivity index (χ3n) is 8.19. The van der Waals surface area contributed by atoms with Gasteiger partial charge in [-0.3, -0.25) is 0 Å². The van der Waals surface area contributed by atoms with Crippen LogP contribution in [-0.2, 0) is 22.1 Å². The summed E-state index contributed by atoms with van der Waals surface area (Å²) in [5.41, 5.74) is 6.06. The van der Waals surface area contributed by atoms with Crippen LogP contribution in [0.5, 0.6) is 0 Å². The summed E-state index contributed by atoms with van der Waals surface area (Å²) in [5, 5.41) is 2.44. The van der Waals surface area contributed by atoms with Crippen molar-refractivity contribution in [3.63, 3.8) is 0 Å². The van der Waals surface area contributed by atoms with E-state index in [1.807, 2.05) is 0 Å². The summed E-state index contributed by atoms with van der Waals surface area (Å²) in [6.45, 7) is 10.2. The highest BCUT2D eigenvalue weighted by molar-refractivity contribution is 7.85. The number of aryl methyl sites for hydroxylation is 1. The topological polar surface area (TPSA) is 64.3 Å². The Morgan fingerprint density at radius 1 is 0.900 bits per heavy atom. The molecule has 0 bridgehead atoms. The maximum atomic E-state index is 11.7. The van der Waals surface area contributed by atoms with Gasteiger partial charge in [-0.2, -0.15) is 4.57 Å². The van der Waals surface area contributed by atoms with Crippen LogP contribution in [0.1, 0.15) is 64.5 Å². The van der Waals surface area contributed by atoms with Crippen molar-refractivity contribution in [3.05, 3.63) is 95.7 Å². The minimum Gasteiger partial charge on any atom is -0.744 e. The number of fused-ring (bicyclic) bond motifs is 3. The summed E-state index contributed by atoms with van der Waals surface area (Å²) in [7, 11) is -4.53. The molecule has 0 saturated carbocycles. The van der Waals surface area contributed by atoms with Gasteiger partial charge in [0.2, 0.25) is 11.0 Å². The molecule has 0 N–H and O–H groups in total. The van der Waals surface area contributed by atoms with E-state index < -0.39 is 15.5 Å². The van der Waals surface area contributed by atoms with Crippen molar-refractivity contribution in [1.29, 1.82) is 0 Å². The lowest BCUT2D eigenvalue weighted by Crippen LogP contribution is -2.36. The average Bonchev–Trinajstić information content (AvgIpc) is 3.16. The van der Waals surface area contributed by atoms with Crippen molar-refractivity contribution >= 4 is 43.7 Å². The molecule has 4 aromatic rings. The van der Waals surface area contributed by atoms with Crippen molar-refractivity contribution in [2.45, 2.75) is 70.2 Å². The number of para-hydroxylation sites is 2. The highest BCUT2D eigenvalue weighted by Gasteiger charge is 2.39. The fraction of sp³-hybridized carbons (Fsp3) is 0.324. The molecule has 0 aliphatic carbocycles. The van der Waals surface area contributed by atoms with Crippen LogP contribution in [0.15, 0.2) is 89.5 Å². The van der Waals surface area contributed by atoms with E-state index in [0.717, 1.165) is 36.5 Å². The molecule has 208 valence electrons. The molecule has 0 amide bonds. The lowest BCUT2D eigenvalue weighted by Gasteiger charge is -2.25. The summed E-state index contributed by atoms with van der Waals surface area (Å²) in [5.74, 6) is 0. The molecule has 0 unspecified atom stereocenters. The monoisotopic (exact) mass is 554 g/mol. The average molecular weight is 555 g/mol. The zero-order valence-corrected chi connectivity index (χ0v) is 24.7. The quantitative estimate of drug-likeness (QED) is 0.0931. The second-order valence-electron chi connectivity index (χ2n) is 11.1. The van der Waals surface area contributed by atoms with E-state index in [0.29, 0.717) is 0 Å². The van der Waals surface area contributed by atoms with Crippen LogP contribution in [0.2, 0.25) is 0 Å². The highest BCUT2D eigenvalue weighted by Crippen LogP contribution is 2.48. The Bertz CT molecular complexity index is 1680. The normalized spacial score (nSPS) is 16.0. The number of anilines is 1. The molecule has 5 nitrogen and oxygen atoms in total. The molecule has 2 heterocycles. The third-order valence-corrected chi connectivity index (χ3v) is 9.02. The summed E-state index contributed by atoms with van der Waals surface area (Å²) >= 11 is 0. The predicted molar refractivity (Wildman–Crippen MR) is 163 cm³/mol. The van der Waals surface area contributed by atoms with Gasteiger partial charge in [0.15, 0.2) is 0 Å². The van der Waals surface area contributed by atoms with Gasteiger partial charge in [-0.1, -0.05) is 70.0 Å². The van der Waals surface area contributed by atoms with Gasteiger partial charge in [0.25, 0.3) is 0 Å². The van der Waals surface area contributed by atoms with Gasteiger partial charge < -0.3 is 9.45 Å². The largest absolute Gasteiger partial charge is 0.744 e. The molecule has 6 heteroatoms. The fourth-order valence-electron chi connectivity index (χ4n) is 6.15. The second-order valence-corrected chi connectivity index (χ2v) is 12.5. The van der Waals surface area contributed by atoms with Crippen LogP contribution in [0.25, 0.3) is 27.9 Å². The van der Waals surface area contributed by atoms with Crippen LogP contribution < -0.4 is 9.47 Å². The fourth-order valence-corrected chi connectivity index (χ4v) is 6.65. The van der Waals surface area contributed by atoms with Crippen LogP contribution >= 0.6 is 0 Å². The Balaban J connectivity index is 1.59. The Hall–Kier alpha value is -3.48. The molecule has 3 aromatic carbocycles. The number of hydrogen-bond donors (Lipinski definition) is 0. The van der Waals surface area contributed by atoms with Gasteiger partial charge in [0, 0.05) is 47.5 Å². The van der Waals surface area contributed by atoms with Crippen molar-refractivity contribution in [1.82, 2.24) is 0 Å². The van der Waals surface area contributed by atoms with Gasteiger partial charge in [-0.25, -0.2) is 8.42 Å². The maximum Gasteiger partial charge on any atom is 0.213 e. The van der Waals surface area contributed by atoms with E-state index in [1.165, 1.54) is 52.7 Å². The van der Waals surface area contributed by atoms with Gasteiger partial charge in [-0.15, -0.1) is 0 Å². The minimum atomic E-state index is -4.53. The molecule has 5 rings (SSSR count). The van der Waals surface area contributed by atoms with E-state index in [4.69, 9.17) is 0 Å². The Labute approximate surface area is 238 Å². The van der Waals surface area contributed by atoms with Gasteiger partial charge in [-0.05, 0) is 55.3 Å². The predicted octanol–water partition coefficient (Wildman–Crippen LogP) is 7.48. The first kappa shape index (κ1) is 28.1. The minimum absolute atomic E-state index is 0.183. The first-order chi connectivity index (χ1) is 19.2. The number of aromatic nitrogens is 1. The van der Waals surface area contributed by atoms with Gasteiger partial charge in [0.1, 0.15) is 16.7 Å². The number of unbranched alkanes of at least 4 members (excludes halogenated alkanes) is 3. The molecule has 1 aliphatic rings. The number of benzene rings is 3. The SMILES string of the molecule is CCCCCC[n+]1c2ccccc2c(C=CC=C2N(CC)c3ccc(S(=O)(=O)[O-])cc3C2(C)C)c2ccccc21. The molecule has 0 spiro atoms. The van der Waals surface area contributed by atoms with E-state index in [9.17, 15) is 13.0 Å². The molecular formula is C34H38N2O3S. The van der Waals surface area contributed by atoms with Crippen LogP contribution in [0, 0.1) is 0 Å². The number of likely N-dealkylation sites (N-methyl/N-ethyl adjacent to an activating group) is 1. The Kier molecular flexibility index (Phi) is 7.85. The van der Waals surface area contributed by atoms with Gasteiger partial charge >= 0.3 is 0 Å². The lowest BCUT2D eigenvalue weighted by atomic mass is 9.83. The van der Waals surface area contributed by atoms with Crippen molar-refractivity contribution < 1.29 is 17.5 Å². The van der Waals surface area contributed by atoms with E-state index in [1.54, 1.807) is 12.1 Å². The van der Waals surface area contributed by atoms with Crippen molar-refractivity contribution in [3.8, 4) is 0 Å². The second kappa shape index (κ2) is 11.2. The molecular weight excluding hydrogens is 516 g/mol.